The van der Waals surface area contributed by atoms with Crippen molar-refractivity contribution in [2.45, 2.75) is 0 Å². The summed E-state index contributed by atoms with van der Waals surface area (Å²) >= 11 is 5.74. The van der Waals surface area contributed by atoms with Gasteiger partial charge in [-0.15, -0.1) is 0 Å². The van der Waals surface area contributed by atoms with Crippen LogP contribution < -0.4 is 5.32 Å². The van der Waals surface area contributed by atoms with Gasteiger partial charge in [0.1, 0.15) is 5.82 Å². The molecule has 72 valence electrons. The molecule has 0 radical (unpaired) electrons. The summed E-state index contributed by atoms with van der Waals surface area (Å²) in [6.07, 6.45) is 6.47. The van der Waals surface area contributed by atoms with Gasteiger partial charge in [-0.3, -0.25) is 4.98 Å². The molecule has 14 heavy (non-hydrogen) atoms. The molecular weight excluding hydrogens is 202 g/mol. The zero-order valence-electron chi connectivity index (χ0n) is 7.48. The van der Waals surface area contributed by atoms with Gasteiger partial charge in [-0.25, -0.2) is 9.67 Å². The summed E-state index contributed by atoms with van der Waals surface area (Å²) in [5.41, 5.74) is 0. The zero-order chi connectivity index (χ0) is 9.97. The van der Waals surface area contributed by atoms with Crippen LogP contribution in [0.4, 0.5) is 5.82 Å². The molecule has 0 atom stereocenters. The Hall–Kier alpha value is -1.62. The molecule has 2 aromatic heterocycles. The molecule has 0 amide bonds. The average molecular weight is 210 g/mol. The summed E-state index contributed by atoms with van der Waals surface area (Å²) in [6, 6.07) is 0. The van der Waals surface area contributed by atoms with Crippen molar-refractivity contribution < 1.29 is 0 Å². The van der Waals surface area contributed by atoms with Crippen LogP contribution in [0, 0.1) is 0 Å². The molecule has 0 aliphatic carbocycles. The predicted octanol–water partition coefficient (Wildman–Crippen LogP) is 1.36. The van der Waals surface area contributed by atoms with E-state index in [4.69, 9.17) is 11.6 Å². The minimum atomic E-state index is 0.571. The Bertz CT molecular complexity index is 439. The van der Waals surface area contributed by atoms with E-state index < -0.39 is 0 Å². The molecule has 2 rings (SSSR count). The number of halogens is 1. The summed E-state index contributed by atoms with van der Waals surface area (Å²) in [4.78, 5) is 8.26. The van der Waals surface area contributed by atoms with Gasteiger partial charge in [-0.05, 0) is 0 Å². The molecule has 0 aliphatic rings. The fraction of sp³-hybridized carbons (Fsp3) is 0.125. The Morgan fingerprint density at radius 2 is 2.21 bits per heavy atom. The topological polar surface area (TPSA) is 55.6 Å². The molecule has 0 aliphatic heterocycles. The van der Waals surface area contributed by atoms with Crippen LogP contribution in [-0.2, 0) is 0 Å². The van der Waals surface area contributed by atoms with Gasteiger partial charge in [0.15, 0.2) is 5.82 Å². The highest BCUT2D eigenvalue weighted by Crippen LogP contribution is 2.10. The first-order chi connectivity index (χ1) is 6.79. The van der Waals surface area contributed by atoms with E-state index in [1.165, 1.54) is 0 Å². The van der Waals surface area contributed by atoms with E-state index in [-0.39, 0.29) is 0 Å². The van der Waals surface area contributed by atoms with E-state index in [0.717, 1.165) is 0 Å². The highest BCUT2D eigenvalue weighted by Gasteiger charge is 2.01. The molecule has 2 heterocycles. The minimum absolute atomic E-state index is 0.571. The summed E-state index contributed by atoms with van der Waals surface area (Å²) in [6.45, 7) is 0. The molecule has 0 saturated carbocycles. The maximum Gasteiger partial charge on any atom is 0.174 e. The van der Waals surface area contributed by atoms with E-state index in [1.54, 1.807) is 36.5 Å². The van der Waals surface area contributed by atoms with Gasteiger partial charge in [0.05, 0.1) is 29.8 Å². The van der Waals surface area contributed by atoms with Crippen molar-refractivity contribution in [1.29, 1.82) is 0 Å². The minimum Gasteiger partial charge on any atom is -0.372 e. The van der Waals surface area contributed by atoms with Crippen LogP contribution in [0.15, 0.2) is 24.8 Å². The molecule has 6 heteroatoms. The number of rotatable bonds is 2. The van der Waals surface area contributed by atoms with E-state index in [0.29, 0.717) is 16.7 Å². The monoisotopic (exact) mass is 209 g/mol. The van der Waals surface area contributed by atoms with Crippen LogP contribution in [0.25, 0.3) is 5.82 Å². The maximum atomic E-state index is 5.74. The first kappa shape index (κ1) is 8.96. The molecule has 0 saturated heterocycles. The van der Waals surface area contributed by atoms with Crippen molar-refractivity contribution in [3.63, 3.8) is 0 Å². The summed E-state index contributed by atoms with van der Waals surface area (Å²) in [7, 11) is 1.78. The van der Waals surface area contributed by atoms with E-state index in [2.05, 4.69) is 20.4 Å². The van der Waals surface area contributed by atoms with Gasteiger partial charge in [0.25, 0.3) is 0 Å². The van der Waals surface area contributed by atoms with Crippen LogP contribution in [0.5, 0.6) is 0 Å². The van der Waals surface area contributed by atoms with Crippen LogP contribution in [-0.4, -0.2) is 26.8 Å². The fourth-order valence-electron chi connectivity index (χ4n) is 1.01. The molecular formula is C8H8ClN5. The maximum absolute atomic E-state index is 5.74. The quantitative estimate of drug-likeness (QED) is 0.812. The van der Waals surface area contributed by atoms with Crippen molar-refractivity contribution in [2.24, 2.45) is 0 Å². The van der Waals surface area contributed by atoms with Gasteiger partial charge in [-0.2, -0.15) is 5.10 Å². The normalized spacial score (nSPS) is 10.1. The van der Waals surface area contributed by atoms with E-state index >= 15 is 0 Å². The molecule has 1 N–H and O–H groups in total. The number of nitrogens with zero attached hydrogens (tertiary/aromatic N) is 4. The third kappa shape index (κ3) is 1.67. The smallest absolute Gasteiger partial charge is 0.174 e. The lowest BCUT2D eigenvalue weighted by Gasteiger charge is -2.01. The number of nitrogens with one attached hydrogen (secondary N) is 1. The zero-order valence-corrected chi connectivity index (χ0v) is 8.23. The van der Waals surface area contributed by atoms with E-state index in [9.17, 15) is 0 Å². The van der Waals surface area contributed by atoms with Crippen molar-refractivity contribution in [2.75, 3.05) is 12.4 Å². The number of hydrogen-bond acceptors (Lipinski definition) is 4. The van der Waals surface area contributed by atoms with Gasteiger partial charge < -0.3 is 5.32 Å². The first-order valence-electron chi connectivity index (χ1n) is 4.00. The standard InChI is InChI=1S/C8H8ClN5/c1-10-7-3-11-4-8(13-7)14-5-6(9)2-12-14/h2-5H,1H3,(H,10,13). The third-order valence-electron chi connectivity index (χ3n) is 1.66. The Kier molecular flexibility index (Phi) is 2.32. The van der Waals surface area contributed by atoms with Crippen molar-refractivity contribution in [3.8, 4) is 5.82 Å². The molecule has 0 spiro atoms. The molecule has 0 unspecified atom stereocenters. The Labute approximate surface area is 85.8 Å². The molecule has 0 bridgehead atoms. The summed E-state index contributed by atoms with van der Waals surface area (Å²) in [5, 5.41) is 7.48. The van der Waals surface area contributed by atoms with Gasteiger partial charge >= 0.3 is 0 Å². The lowest BCUT2D eigenvalue weighted by molar-refractivity contribution is 0.839. The van der Waals surface area contributed by atoms with E-state index in [1.807, 2.05) is 0 Å². The Morgan fingerprint density at radius 3 is 2.86 bits per heavy atom. The van der Waals surface area contributed by atoms with Crippen LogP contribution in [0.2, 0.25) is 5.02 Å². The van der Waals surface area contributed by atoms with Crippen LogP contribution in [0.3, 0.4) is 0 Å². The summed E-state index contributed by atoms with van der Waals surface area (Å²) < 4.78 is 1.57. The lowest BCUT2D eigenvalue weighted by atomic mass is 10.6. The largest absolute Gasteiger partial charge is 0.372 e. The third-order valence-corrected chi connectivity index (χ3v) is 1.86. The molecule has 5 nitrogen and oxygen atoms in total. The van der Waals surface area contributed by atoms with Gasteiger partial charge in [0, 0.05) is 7.05 Å². The Balaban J connectivity index is 2.41. The predicted molar refractivity (Wildman–Crippen MR) is 53.7 cm³/mol. The highest BCUT2D eigenvalue weighted by molar-refractivity contribution is 6.30. The number of aromatic nitrogens is 4. The lowest BCUT2D eigenvalue weighted by Crippen LogP contribution is -2.01. The Morgan fingerprint density at radius 1 is 1.36 bits per heavy atom. The average Bonchev–Trinajstić information content (AvgIpc) is 2.65. The van der Waals surface area contributed by atoms with Crippen LogP contribution in [0.1, 0.15) is 0 Å². The fourth-order valence-corrected chi connectivity index (χ4v) is 1.15. The number of hydrogen-bond donors (Lipinski definition) is 1. The second-order valence-electron chi connectivity index (χ2n) is 2.62. The second-order valence-corrected chi connectivity index (χ2v) is 3.05. The first-order valence-corrected chi connectivity index (χ1v) is 4.38. The van der Waals surface area contributed by atoms with Crippen molar-refractivity contribution in [1.82, 2.24) is 19.7 Å². The number of anilines is 1. The summed E-state index contributed by atoms with van der Waals surface area (Å²) in [5.74, 6) is 1.32. The molecule has 0 aromatic carbocycles. The van der Waals surface area contributed by atoms with Gasteiger partial charge in [-0.1, -0.05) is 11.6 Å². The molecule has 0 fully saturated rings. The van der Waals surface area contributed by atoms with Gasteiger partial charge in [0.2, 0.25) is 0 Å². The van der Waals surface area contributed by atoms with Crippen LogP contribution >= 0.6 is 11.6 Å². The van der Waals surface area contributed by atoms with Crippen molar-refractivity contribution in [3.05, 3.63) is 29.8 Å². The highest BCUT2D eigenvalue weighted by atomic mass is 35.5. The second kappa shape index (κ2) is 3.63. The van der Waals surface area contributed by atoms with Crippen molar-refractivity contribution >= 4 is 17.4 Å². The SMILES string of the molecule is CNc1cncc(-n2cc(Cl)cn2)n1. The molecule has 2 aromatic rings.